The van der Waals surface area contributed by atoms with Gasteiger partial charge < -0.3 is 14.2 Å². The molecule has 4 rings (SSSR count). The fourth-order valence-electron chi connectivity index (χ4n) is 4.00. The van der Waals surface area contributed by atoms with Crippen molar-refractivity contribution in [2.24, 2.45) is 0 Å². The van der Waals surface area contributed by atoms with Crippen LogP contribution in [0.15, 0.2) is 53.3 Å². The Bertz CT molecular complexity index is 767. The number of carbonyl (C=O) groups is 2. The molecular formula is C21H25N3O3. The molecule has 3 heterocycles. The van der Waals surface area contributed by atoms with Crippen LogP contribution in [0.25, 0.3) is 0 Å². The summed E-state index contributed by atoms with van der Waals surface area (Å²) in [5, 5.41) is 0. The number of rotatable bonds is 5. The summed E-state index contributed by atoms with van der Waals surface area (Å²) < 4.78 is 5.05. The quantitative estimate of drug-likeness (QED) is 0.813. The molecule has 2 amide bonds. The van der Waals surface area contributed by atoms with E-state index in [-0.39, 0.29) is 17.9 Å². The van der Waals surface area contributed by atoms with E-state index in [1.54, 1.807) is 12.5 Å². The van der Waals surface area contributed by atoms with Gasteiger partial charge in [0.15, 0.2) is 0 Å². The van der Waals surface area contributed by atoms with E-state index in [0.717, 1.165) is 37.3 Å². The molecular weight excluding hydrogens is 342 g/mol. The summed E-state index contributed by atoms with van der Waals surface area (Å²) in [6.45, 7) is 3.67. The predicted octanol–water partition coefficient (Wildman–Crippen LogP) is 2.16. The average molecular weight is 367 g/mol. The van der Waals surface area contributed by atoms with Crippen LogP contribution in [0.5, 0.6) is 0 Å². The third-order valence-corrected chi connectivity index (χ3v) is 5.56. The predicted molar refractivity (Wildman–Crippen MR) is 102 cm³/mol. The zero-order chi connectivity index (χ0) is 18.6. The first-order valence-corrected chi connectivity index (χ1v) is 9.62. The van der Waals surface area contributed by atoms with Crippen molar-refractivity contribution in [2.45, 2.75) is 25.3 Å². The van der Waals surface area contributed by atoms with E-state index in [2.05, 4.69) is 4.90 Å². The Morgan fingerprint density at radius 1 is 1.04 bits per heavy atom. The molecule has 0 saturated carbocycles. The Morgan fingerprint density at radius 2 is 1.81 bits per heavy atom. The van der Waals surface area contributed by atoms with Gasteiger partial charge in [0.05, 0.1) is 18.6 Å². The molecule has 0 bridgehead atoms. The van der Waals surface area contributed by atoms with Crippen molar-refractivity contribution in [1.29, 1.82) is 0 Å². The Balaban J connectivity index is 1.28. The van der Waals surface area contributed by atoms with Crippen LogP contribution in [-0.4, -0.2) is 60.4 Å². The minimum absolute atomic E-state index is 0.0617. The third-order valence-electron chi connectivity index (χ3n) is 5.56. The molecule has 0 radical (unpaired) electrons. The Labute approximate surface area is 159 Å². The molecule has 1 unspecified atom stereocenters. The molecule has 2 aliphatic rings. The summed E-state index contributed by atoms with van der Waals surface area (Å²) in [7, 11) is 0. The van der Waals surface area contributed by atoms with Gasteiger partial charge >= 0.3 is 0 Å². The number of hydrogen-bond donors (Lipinski definition) is 0. The maximum Gasteiger partial charge on any atom is 0.244 e. The van der Waals surface area contributed by atoms with Crippen molar-refractivity contribution >= 4 is 17.5 Å². The van der Waals surface area contributed by atoms with Crippen LogP contribution in [0, 0.1) is 0 Å². The fraction of sp³-hybridized carbons (Fsp3) is 0.429. The number of nitrogens with zero attached hydrogens (tertiary/aromatic N) is 3. The highest BCUT2D eigenvalue weighted by Crippen LogP contribution is 2.25. The van der Waals surface area contributed by atoms with Crippen molar-refractivity contribution in [3.05, 3.63) is 54.5 Å². The molecule has 2 aliphatic heterocycles. The minimum Gasteiger partial charge on any atom is -0.472 e. The molecule has 2 fully saturated rings. The van der Waals surface area contributed by atoms with Gasteiger partial charge in [-0.2, -0.15) is 0 Å². The van der Waals surface area contributed by atoms with E-state index in [0.29, 0.717) is 25.9 Å². The van der Waals surface area contributed by atoms with Gasteiger partial charge in [0.1, 0.15) is 0 Å². The third kappa shape index (κ3) is 3.90. The van der Waals surface area contributed by atoms with Crippen molar-refractivity contribution in [2.75, 3.05) is 37.6 Å². The smallest absolute Gasteiger partial charge is 0.244 e. The topological polar surface area (TPSA) is 57.0 Å². The molecule has 2 saturated heterocycles. The van der Waals surface area contributed by atoms with Crippen molar-refractivity contribution in [1.82, 2.24) is 9.80 Å². The van der Waals surface area contributed by atoms with Gasteiger partial charge in [0.2, 0.25) is 11.8 Å². The van der Waals surface area contributed by atoms with Crippen LogP contribution in [0.1, 0.15) is 18.4 Å². The van der Waals surface area contributed by atoms with Gasteiger partial charge in [-0.05, 0) is 36.6 Å². The Morgan fingerprint density at radius 3 is 2.52 bits per heavy atom. The van der Waals surface area contributed by atoms with E-state index in [1.807, 2.05) is 46.2 Å². The van der Waals surface area contributed by atoms with E-state index in [9.17, 15) is 9.59 Å². The Kier molecular flexibility index (Phi) is 5.25. The van der Waals surface area contributed by atoms with Gasteiger partial charge in [-0.3, -0.25) is 14.5 Å². The molecule has 0 spiro atoms. The molecule has 0 N–H and O–H groups in total. The summed E-state index contributed by atoms with van der Waals surface area (Å²) in [6.07, 6.45) is 5.39. The molecule has 6 heteroatoms. The number of aryl methyl sites for hydroxylation is 1. The molecule has 0 aliphatic carbocycles. The molecule has 6 nitrogen and oxygen atoms in total. The number of hydrogen-bond acceptors (Lipinski definition) is 4. The maximum absolute atomic E-state index is 12.8. The lowest BCUT2D eigenvalue weighted by molar-refractivity contribution is -0.133. The monoisotopic (exact) mass is 367 g/mol. The lowest BCUT2D eigenvalue weighted by atomic mass is 10.1. The highest BCUT2D eigenvalue weighted by molar-refractivity contribution is 5.99. The summed E-state index contributed by atoms with van der Waals surface area (Å²) in [5.74, 6) is 0.362. The lowest BCUT2D eigenvalue weighted by Gasteiger charge is -2.37. The van der Waals surface area contributed by atoms with Crippen LogP contribution in [0.3, 0.4) is 0 Å². The number of carbonyl (C=O) groups excluding carboxylic acids is 2. The van der Waals surface area contributed by atoms with Crippen LogP contribution in [0.2, 0.25) is 0 Å². The van der Waals surface area contributed by atoms with Gasteiger partial charge in [-0.15, -0.1) is 0 Å². The second kappa shape index (κ2) is 7.96. The minimum atomic E-state index is -0.0617. The van der Waals surface area contributed by atoms with E-state index in [4.69, 9.17) is 4.42 Å². The van der Waals surface area contributed by atoms with Gasteiger partial charge in [0, 0.05) is 44.8 Å². The largest absolute Gasteiger partial charge is 0.472 e. The normalized spacial score (nSPS) is 21.0. The summed E-state index contributed by atoms with van der Waals surface area (Å²) in [4.78, 5) is 31.3. The molecule has 1 atom stereocenters. The van der Waals surface area contributed by atoms with Crippen LogP contribution in [0.4, 0.5) is 5.69 Å². The van der Waals surface area contributed by atoms with Gasteiger partial charge in [-0.1, -0.05) is 18.2 Å². The first kappa shape index (κ1) is 17.8. The number of anilines is 1. The number of furan rings is 1. The first-order valence-electron chi connectivity index (χ1n) is 9.62. The standard InChI is InChI=1S/C21H25N3O3/c25-20(7-6-17-9-15-27-16-17)23-13-11-22(12-14-23)19-8-10-24(21(19)26)18-4-2-1-3-5-18/h1-5,9,15-16,19H,6-8,10-14H2. The van der Waals surface area contributed by atoms with Crippen molar-refractivity contribution in [3.63, 3.8) is 0 Å². The van der Waals surface area contributed by atoms with Crippen LogP contribution in [-0.2, 0) is 16.0 Å². The number of benzene rings is 1. The molecule has 1 aromatic heterocycles. The van der Waals surface area contributed by atoms with Crippen molar-refractivity contribution < 1.29 is 14.0 Å². The number of amides is 2. The SMILES string of the molecule is O=C(CCc1ccoc1)N1CCN(C2CCN(c3ccccc3)C2=O)CC1. The molecule has 27 heavy (non-hydrogen) atoms. The highest BCUT2D eigenvalue weighted by atomic mass is 16.3. The van der Waals surface area contributed by atoms with E-state index >= 15 is 0 Å². The fourth-order valence-corrected chi connectivity index (χ4v) is 4.00. The summed E-state index contributed by atoms with van der Waals surface area (Å²) in [6, 6.07) is 11.7. The summed E-state index contributed by atoms with van der Waals surface area (Å²) >= 11 is 0. The number of para-hydroxylation sites is 1. The second-order valence-corrected chi connectivity index (χ2v) is 7.18. The molecule has 1 aromatic carbocycles. The lowest BCUT2D eigenvalue weighted by Crippen LogP contribution is -2.53. The molecule has 2 aromatic rings. The second-order valence-electron chi connectivity index (χ2n) is 7.18. The zero-order valence-electron chi connectivity index (χ0n) is 15.4. The molecule has 142 valence electrons. The van der Waals surface area contributed by atoms with E-state index in [1.165, 1.54) is 0 Å². The highest BCUT2D eigenvalue weighted by Gasteiger charge is 2.38. The summed E-state index contributed by atoms with van der Waals surface area (Å²) in [5.41, 5.74) is 2.03. The number of piperazine rings is 1. The van der Waals surface area contributed by atoms with Crippen LogP contribution < -0.4 is 4.90 Å². The maximum atomic E-state index is 12.8. The average Bonchev–Trinajstić information content (AvgIpc) is 3.37. The van der Waals surface area contributed by atoms with E-state index < -0.39 is 0 Å². The van der Waals surface area contributed by atoms with Crippen molar-refractivity contribution in [3.8, 4) is 0 Å². The van der Waals surface area contributed by atoms with Gasteiger partial charge in [0.25, 0.3) is 0 Å². The Hall–Kier alpha value is -2.60. The van der Waals surface area contributed by atoms with Crippen LogP contribution >= 0.6 is 0 Å². The first-order chi connectivity index (χ1) is 13.2. The zero-order valence-corrected chi connectivity index (χ0v) is 15.4. The van der Waals surface area contributed by atoms with Gasteiger partial charge in [-0.25, -0.2) is 0 Å².